The number of benzene rings is 2. The van der Waals surface area contributed by atoms with Crippen molar-refractivity contribution in [1.82, 2.24) is 5.32 Å². The smallest absolute Gasteiger partial charge is 0.331 e. The molecular formula is C20H20N2O6. The Kier molecular flexibility index (Phi) is 7.27. The number of nitro benzene ring substituents is 1. The largest absolute Gasteiger partial charge is 0.496 e. The minimum atomic E-state index is -0.983. The van der Waals surface area contributed by atoms with Crippen LogP contribution in [0.2, 0.25) is 0 Å². The van der Waals surface area contributed by atoms with E-state index >= 15 is 0 Å². The van der Waals surface area contributed by atoms with Gasteiger partial charge >= 0.3 is 5.97 Å². The first-order chi connectivity index (χ1) is 13.4. The standard InChI is InChI=1S/C20H20N2O6/c1-14(20(24)21-13-16-5-3-4-6-18(16)27-2)28-19(23)12-9-15-7-10-17(11-8-15)22(25)26/h3-12,14H,13H2,1-2H3,(H,21,24)/b12-9+. The van der Waals surface area contributed by atoms with Gasteiger partial charge in [-0.3, -0.25) is 14.9 Å². The summed E-state index contributed by atoms with van der Waals surface area (Å²) in [7, 11) is 1.54. The molecule has 0 saturated carbocycles. The van der Waals surface area contributed by atoms with Gasteiger partial charge in [-0.15, -0.1) is 0 Å². The van der Waals surface area contributed by atoms with Crippen LogP contribution in [-0.4, -0.2) is 30.0 Å². The van der Waals surface area contributed by atoms with Crippen molar-refractivity contribution in [2.24, 2.45) is 0 Å². The summed E-state index contributed by atoms with van der Waals surface area (Å²) in [6.45, 7) is 1.71. The van der Waals surface area contributed by atoms with E-state index in [0.29, 0.717) is 11.3 Å². The van der Waals surface area contributed by atoms with E-state index in [1.54, 1.807) is 13.2 Å². The van der Waals surface area contributed by atoms with E-state index in [-0.39, 0.29) is 12.2 Å². The molecule has 146 valence electrons. The highest BCUT2D eigenvalue weighted by atomic mass is 16.6. The van der Waals surface area contributed by atoms with Gasteiger partial charge in [0.1, 0.15) is 5.75 Å². The SMILES string of the molecule is COc1ccccc1CNC(=O)C(C)OC(=O)/C=C/c1ccc([N+](=O)[O-])cc1. The number of hydrogen-bond acceptors (Lipinski definition) is 6. The van der Waals surface area contributed by atoms with Crippen LogP contribution >= 0.6 is 0 Å². The minimum absolute atomic E-state index is 0.0416. The first kappa shape index (κ1) is 20.6. The van der Waals surface area contributed by atoms with Crippen molar-refractivity contribution in [1.29, 1.82) is 0 Å². The number of nitro groups is 1. The fourth-order valence-corrected chi connectivity index (χ4v) is 2.31. The zero-order valence-electron chi connectivity index (χ0n) is 15.5. The van der Waals surface area contributed by atoms with Crippen LogP contribution < -0.4 is 10.1 Å². The maximum Gasteiger partial charge on any atom is 0.331 e. The van der Waals surface area contributed by atoms with Crippen LogP contribution in [0, 0.1) is 10.1 Å². The third-order valence-corrected chi connectivity index (χ3v) is 3.82. The molecule has 0 aromatic heterocycles. The molecule has 0 aliphatic heterocycles. The molecule has 8 heteroatoms. The van der Waals surface area contributed by atoms with Crippen LogP contribution in [0.5, 0.6) is 5.75 Å². The number of methoxy groups -OCH3 is 1. The van der Waals surface area contributed by atoms with E-state index in [2.05, 4.69) is 5.32 Å². The Hall–Kier alpha value is -3.68. The molecule has 0 spiro atoms. The zero-order valence-corrected chi connectivity index (χ0v) is 15.5. The van der Waals surface area contributed by atoms with E-state index in [4.69, 9.17) is 9.47 Å². The summed E-state index contributed by atoms with van der Waals surface area (Å²) < 4.78 is 10.3. The summed E-state index contributed by atoms with van der Waals surface area (Å²) in [6, 6.07) is 12.9. The molecule has 8 nitrogen and oxygen atoms in total. The number of non-ortho nitro benzene ring substituents is 1. The lowest BCUT2D eigenvalue weighted by Gasteiger charge is -2.13. The second-order valence-electron chi connectivity index (χ2n) is 5.79. The molecule has 1 atom stereocenters. The topological polar surface area (TPSA) is 108 Å². The lowest BCUT2D eigenvalue weighted by Crippen LogP contribution is -2.35. The number of nitrogens with zero attached hydrogens (tertiary/aromatic N) is 1. The Balaban J connectivity index is 1.85. The molecule has 0 saturated heterocycles. The van der Waals surface area contributed by atoms with Crippen molar-refractivity contribution < 1.29 is 24.0 Å². The monoisotopic (exact) mass is 384 g/mol. The minimum Gasteiger partial charge on any atom is -0.496 e. The molecule has 0 bridgehead atoms. The lowest BCUT2D eigenvalue weighted by atomic mass is 10.2. The first-order valence-electron chi connectivity index (χ1n) is 8.43. The van der Waals surface area contributed by atoms with Gasteiger partial charge in [0.25, 0.3) is 11.6 Å². The normalized spacial score (nSPS) is 11.6. The van der Waals surface area contributed by atoms with Crippen molar-refractivity contribution in [2.45, 2.75) is 19.6 Å². The summed E-state index contributed by atoms with van der Waals surface area (Å²) in [5.74, 6) is -0.486. The van der Waals surface area contributed by atoms with Gasteiger partial charge in [0.15, 0.2) is 6.10 Å². The van der Waals surface area contributed by atoms with E-state index in [1.807, 2.05) is 18.2 Å². The van der Waals surface area contributed by atoms with E-state index in [9.17, 15) is 19.7 Å². The molecule has 1 unspecified atom stereocenters. The van der Waals surface area contributed by atoms with Gasteiger partial charge in [-0.1, -0.05) is 18.2 Å². The second-order valence-corrected chi connectivity index (χ2v) is 5.79. The van der Waals surface area contributed by atoms with E-state index < -0.39 is 22.9 Å². The molecule has 1 amide bonds. The predicted molar refractivity (Wildman–Crippen MR) is 103 cm³/mol. The summed E-state index contributed by atoms with van der Waals surface area (Å²) in [6.07, 6.45) is 1.63. The molecule has 1 N–H and O–H groups in total. The van der Waals surface area contributed by atoms with E-state index in [0.717, 1.165) is 11.6 Å². The Morgan fingerprint density at radius 2 is 1.86 bits per heavy atom. The maximum absolute atomic E-state index is 12.1. The van der Waals surface area contributed by atoms with Crippen molar-refractivity contribution >= 4 is 23.6 Å². The zero-order chi connectivity index (χ0) is 20.5. The second kappa shape index (κ2) is 9.86. The van der Waals surface area contributed by atoms with Gasteiger partial charge in [-0.05, 0) is 36.8 Å². The summed E-state index contributed by atoms with van der Waals surface area (Å²) in [4.78, 5) is 34.1. The molecule has 2 aromatic rings. The van der Waals surface area contributed by atoms with Crippen molar-refractivity contribution in [2.75, 3.05) is 7.11 Å². The van der Waals surface area contributed by atoms with Crippen LogP contribution in [0.15, 0.2) is 54.6 Å². The quantitative estimate of drug-likeness (QED) is 0.324. The predicted octanol–water partition coefficient (Wildman–Crippen LogP) is 2.86. The highest BCUT2D eigenvalue weighted by Crippen LogP contribution is 2.17. The number of carbonyl (C=O) groups excluding carboxylic acids is 2. The van der Waals surface area contributed by atoms with Gasteiger partial charge in [0.05, 0.1) is 12.0 Å². The Bertz CT molecular complexity index is 877. The number of para-hydroxylation sites is 1. The number of hydrogen-bond donors (Lipinski definition) is 1. The summed E-state index contributed by atoms with van der Waals surface area (Å²) in [5.41, 5.74) is 1.35. The van der Waals surface area contributed by atoms with Crippen LogP contribution in [-0.2, 0) is 20.9 Å². The average molecular weight is 384 g/mol. The fraction of sp³-hybridized carbons (Fsp3) is 0.200. The van der Waals surface area contributed by atoms with Crippen LogP contribution in [0.4, 0.5) is 5.69 Å². The Morgan fingerprint density at radius 1 is 1.18 bits per heavy atom. The summed E-state index contributed by atoms with van der Waals surface area (Å²) >= 11 is 0. The van der Waals surface area contributed by atoms with Crippen molar-refractivity contribution in [3.05, 3.63) is 75.8 Å². The highest BCUT2D eigenvalue weighted by Gasteiger charge is 2.16. The van der Waals surface area contributed by atoms with Crippen molar-refractivity contribution in [3.8, 4) is 5.75 Å². The molecule has 2 aromatic carbocycles. The molecular weight excluding hydrogens is 364 g/mol. The number of nitrogens with one attached hydrogen (secondary N) is 1. The van der Waals surface area contributed by atoms with Crippen LogP contribution in [0.1, 0.15) is 18.1 Å². The number of carbonyl (C=O) groups is 2. The van der Waals surface area contributed by atoms with E-state index in [1.165, 1.54) is 37.3 Å². The molecule has 28 heavy (non-hydrogen) atoms. The highest BCUT2D eigenvalue weighted by molar-refractivity contribution is 5.90. The van der Waals surface area contributed by atoms with Gasteiger partial charge in [0, 0.05) is 30.3 Å². The van der Waals surface area contributed by atoms with Crippen LogP contribution in [0.25, 0.3) is 6.08 Å². The van der Waals surface area contributed by atoms with Gasteiger partial charge < -0.3 is 14.8 Å². The lowest BCUT2D eigenvalue weighted by molar-refractivity contribution is -0.384. The molecule has 0 fully saturated rings. The third kappa shape index (κ3) is 5.94. The maximum atomic E-state index is 12.1. The number of esters is 1. The number of ether oxygens (including phenoxy) is 2. The molecule has 0 aliphatic rings. The first-order valence-corrected chi connectivity index (χ1v) is 8.43. The molecule has 0 aliphatic carbocycles. The Labute approximate surface area is 161 Å². The number of amides is 1. The third-order valence-electron chi connectivity index (χ3n) is 3.82. The number of rotatable bonds is 8. The fourth-order valence-electron chi connectivity index (χ4n) is 2.31. The molecule has 0 heterocycles. The van der Waals surface area contributed by atoms with Crippen LogP contribution in [0.3, 0.4) is 0 Å². The molecule has 2 rings (SSSR count). The summed E-state index contributed by atoms with van der Waals surface area (Å²) in [5, 5.41) is 13.3. The Morgan fingerprint density at radius 3 is 2.50 bits per heavy atom. The van der Waals surface area contributed by atoms with Crippen molar-refractivity contribution in [3.63, 3.8) is 0 Å². The molecule has 0 radical (unpaired) electrons. The van der Waals surface area contributed by atoms with Gasteiger partial charge in [-0.25, -0.2) is 4.79 Å². The average Bonchev–Trinajstić information content (AvgIpc) is 2.70. The van der Waals surface area contributed by atoms with Gasteiger partial charge in [-0.2, -0.15) is 0 Å². The van der Waals surface area contributed by atoms with Gasteiger partial charge in [0.2, 0.25) is 0 Å².